The summed E-state index contributed by atoms with van der Waals surface area (Å²) in [5, 5.41) is 0. The van der Waals surface area contributed by atoms with Crippen molar-refractivity contribution < 1.29 is 9.53 Å². The maximum Gasteiger partial charge on any atom is 0.173 e. The van der Waals surface area contributed by atoms with Crippen molar-refractivity contribution in [2.24, 2.45) is 0 Å². The Kier molecular flexibility index (Phi) is 4.39. The molecule has 0 amide bonds. The molecule has 94 valence electrons. The van der Waals surface area contributed by atoms with Gasteiger partial charge < -0.3 is 4.74 Å². The largest absolute Gasteiger partial charge is 0.497 e. The quantitative estimate of drug-likeness (QED) is 0.766. The minimum Gasteiger partial charge on any atom is -0.497 e. The standard InChI is InChI=1S/C14H13ClO2S/c1-17-11-5-2-10(3-6-11)4-7-12(16)13-8-9-14(15)18-13/h2-3,5-6,8-9H,4,7H2,1H3. The number of thiophene rings is 1. The number of ketones is 1. The molecule has 0 radical (unpaired) electrons. The van der Waals surface area contributed by atoms with Crippen molar-refractivity contribution in [3.63, 3.8) is 0 Å². The molecule has 2 aromatic rings. The number of aryl methyl sites for hydroxylation is 1. The number of benzene rings is 1. The summed E-state index contributed by atoms with van der Waals surface area (Å²) in [4.78, 5) is 12.6. The maximum absolute atomic E-state index is 11.9. The van der Waals surface area contributed by atoms with E-state index in [4.69, 9.17) is 16.3 Å². The first-order valence-corrected chi connectivity index (χ1v) is 6.80. The van der Waals surface area contributed by atoms with Crippen molar-refractivity contribution in [3.05, 3.63) is 51.2 Å². The van der Waals surface area contributed by atoms with Crippen molar-refractivity contribution in [3.8, 4) is 5.75 Å². The zero-order chi connectivity index (χ0) is 13.0. The van der Waals surface area contributed by atoms with Crippen LogP contribution in [0.1, 0.15) is 21.7 Å². The molecule has 1 heterocycles. The first-order valence-electron chi connectivity index (χ1n) is 5.60. The monoisotopic (exact) mass is 280 g/mol. The fourth-order valence-electron chi connectivity index (χ4n) is 1.64. The Morgan fingerprint density at radius 2 is 1.94 bits per heavy atom. The molecule has 18 heavy (non-hydrogen) atoms. The smallest absolute Gasteiger partial charge is 0.173 e. The summed E-state index contributed by atoms with van der Waals surface area (Å²) in [5.74, 6) is 0.970. The third-order valence-corrected chi connectivity index (χ3v) is 3.92. The zero-order valence-corrected chi connectivity index (χ0v) is 11.6. The van der Waals surface area contributed by atoms with Gasteiger partial charge in [-0.05, 0) is 36.2 Å². The lowest BCUT2D eigenvalue weighted by atomic mass is 10.1. The molecule has 0 N–H and O–H groups in total. The van der Waals surface area contributed by atoms with Gasteiger partial charge in [0.15, 0.2) is 5.78 Å². The van der Waals surface area contributed by atoms with Crippen LogP contribution in [0.25, 0.3) is 0 Å². The van der Waals surface area contributed by atoms with Gasteiger partial charge in [-0.3, -0.25) is 4.79 Å². The molecule has 0 bridgehead atoms. The molecule has 0 aliphatic carbocycles. The highest BCUT2D eigenvalue weighted by Crippen LogP contribution is 2.23. The molecule has 1 aromatic carbocycles. The second-order valence-electron chi connectivity index (χ2n) is 3.88. The van der Waals surface area contributed by atoms with Crippen LogP contribution in [0.15, 0.2) is 36.4 Å². The highest BCUT2D eigenvalue weighted by Gasteiger charge is 2.08. The van der Waals surface area contributed by atoms with Gasteiger partial charge in [0.05, 0.1) is 16.3 Å². The summed E-state index contributed by atoms with van der Waals surface area (Å²) in [6, 6.07) is 11.3. The van der Waals surface area contributed by atoms with Gasteiger partial charge >= 0.3 is 0 Å². The van der Waals surface area contributed by atoms with Gasteiger partial charge in [-0.1, -0.05) is 23.7 Å². The Labute approximate surface area is 115 Å². The van der Waals surface area contributed by atoms with Gasteiger partial charge in [0.25, 0.3) is 0 Å². The number of ether oxygens (including phenoxy) is 1. The average Bonchev–Trinajstić information content (AvgIpc) is 2.83. The SMILES string of the molecule is COc1ccc(CCC(=O)c2ccc(Cl)s2)cc1. The highest BCUT2D eigenvalue weighted by molar-refractivity contribution is 7.18. The normalized spacial score (nSPS) is 10.3. The van der Waals surface area contributed by atoms with E-state index in [-0.39, 0.29) is 5.78 Å². The van der Waals surface area contributed by atoms with E-state index >= 15 is 0 Å². The van der Waals surface area contributed by atoms with Gasteiger partial charge in [0.2, 0.25) is 0 Å². The van der Waals surface area contributed by atoms with Crippen LogP contribution in [0.5, 0.6) is 5.75 Å². The number of hydrogen-bond acceptors (Lipinski definition) is 3. The van der Waals surface area contributed by atoms with Gasteiger partial charge in [0.1, 0.15) is 5.75 Å². The third-order valence-electron chi connectivity index (χ3n) is 2.65. The lowest BCUT2D eigenvalue weighted by Crippen LogP contribution is -1.98. The number of halogens is 1. The van der Waals surface area contributed by atoms with Crippen molar-refractivity contribution >= 4 is 28.7 Å². The molecule has 1 aromatic heterocycles. The van der Waals surface area contributed by atoms with E-state index in [1.54, 1.807) is 19.2 Å². The lowest BCUT2D eigenvalue weighted by molar-refractivity contribution is 0.0987. The summed E-state index contributed by atoms with van der Waals surface area (Å²) < 4.78 is 5.74. The van der Waals surface area contributed by atoms with Crippen LogP contribution >= 0.6 is 22.9 Å². The van der Waals surface area contributed by atoms with E-state index in [1.807, 2.05) is 24.3 Å². The van der Waals surface area contributed by atoms with E-state index in [1.165, 1.54) is 11.3 Å². The Morgan fingerprint density at radius 3 is 2.50 bits per heavy atom. The molecule has 0 saturated heterocycles. The molecule has 0 saturated carbocycles. The van der Waals surface area contributed by atoms with Gasteiger partial charge in [-0.15, -0.1) is 11.3 Å². The lowest BCUT2D eigenvalue weighted by Gasteiger charge is -2.02. The summed E-state index contributed by atoms with van der Waals surface area (Å²) in [7, 11) is 1.64. The first-order chi connectivity index (χ1) is 8.69. The fourth-order valence-corrected chi connectivity index (χ4v) is 2.65. The Morgan fingerprint density at radius 1 is 1.22 bits per heavy atom. The van der Waals surface area contributed by atoms with Crippen LogP contribution in [0.2, 0.25) is 4.34 Å². The second-order valence-corrected chi connectivity index (χ2v) is 5.59. The third kappa shape index (κ3) is 3.34. The molecular weight excluding hydrogens is 268 g/mol. The summed E-state index contributed by atoms with van der Waals surface area (Å²) in [6.45, 7) is 0. The van der Waals surface area contributed by atoms with Crippen molar-refractivity contribution in [2.75, 3.05) is 7.11 Å². The first kappa shape index (κ1) is 13.1. The molecule has 0 aliphatic heterocycles. The maximum atomic E-state index is 11.9. The molecule has 4 heteroatoms. The van der Waals surface area contributed by atoms with Gasteiger partial charge in [0, 0.05) is 6.42 Å². The topological polar surface area (TPSA) is 26.3 Å². The van der Waals surface area contributed by atoms with Crippen LogP contribution in [0, 0.1) is 0 Å². The van der Waals surface area contributed by atoms with E-state index in [2.05, 4.69) is 0 Å². The predicted molar refractivity (Wildman–Crippen MR) is 75.0 cm³/mol. The molecular formula is C14H13ClO2S. The average molecular weight is 281 g/mol. The number of Topliss-reactive ketones (excluding diaryl/α,β-unsaturated/α-hetero) is 1. The van der Waals surface area contributed by atoms with E-state index in [9.17, 15) is 4.79 Å². The zero-order valence-electron chi connectivity index (χ0n) is 9.98. The van der Waals surface area contributed by atoms with Crippen LogP contribution in [0.3, 0.4) is 0 Å². The molecule has 2 rings (SSSR count). The molecule has 0 unspecified atom stereocenters. The van der Waals surface area contributed by atoms with E-state index < -0.39 is 0 Å². The predicted octanol–water partition coefficient (Wildman–Crippen LogP) is 4.23. The number of methoxy groups -OCH3 is 1. The molecule has 0 fully saturated rings. The van der Waals surface area contributed by atoms with Gasteiger partial charge in [-0.2, -0.15) is 0 Å². The number of carbonyl (C=O) groups excluding carboxylic acids is 1. The minimum atomic E-state index is 0.141. The van der Waals surface area contributed by atoms with Crippen molar-refractivity contribution in [1.82, 2.24) is 0 Å². The molecule has 0 atom stereocenters. The number of hydrogen-bond donors (Lipinski definition) is 0. The van der Waals surface area contributed by atoms with E-state index in [0.29, 0.717) is 10.8 Å². The van der Waals surface area contributed by atoms with Crippen LogP contribution < -0.4 is 4.74 Å². The minimum absolute atomic E-state index is 0.141. The van der Waals surface area contributed by atoms with Crippen molar-refractivity contribution in [1.29, 1.82) is 0 Å². The fraction of sp³-hybridized carbons (Fsp3) is 0.214. The van der Waals surface area contributed by atoms with Crippen LogP contribution in [-0.2, 0) is 6.42 Å². The van der Waals surface area contributed by atoms with E-state index in [0.717, 1.165) is 22.6 Å². The number of carbonyl (C=O) groups is 1. The Hall–Kier alpha value is -1.32. The van der Waals surface area contributed by atoms with Crippen molar-refractivity contribution in [2.45, 2.75) is 12.8 Å². The number of rotatable bonds is 5. The Balaban J connectivity index is 1.92. The Bertz CT molecular complexity index is 531. The van der Waals surface area contributed by atoms with Crippen LogP contribution in [-0.4, -0.2) is 12.9 Å². The van der Waals surface area contributed by atoms with Crippen LogP contribution in [0.4, 0.5) is 0 Å². The van der Waals surface area contributed by atoms with Gasteiger partial charge in [-0.25, -0.2) is 0 Å². The summed E-state index contributed by atoms with van der Waals surface area (Å²) in [6.07, 6.45) is 1.24. The molecule has 2 nitrogen and oxygen atoms in total. The summed E-state index contributed by atoms with van der Waals surface area (Å²) >= 11 is 7.14. The molecule has 0 aliphatic rings. The summed E-state index contributed by atoms with van der Waals surface area (Å²) in [5.41, 5.74) is 1.13. The second kappa shape index (κ2) is 6.03. The molecule has 0 spiro atoms. The highest BCUT2D eigenvalue weighted by atomic mass is 35.5.